The molecule has 0 saturated carbocycles. The van der Waals surface area contributed by atoms with Crippen LogP contribution in [0, 0.1) is 5.92 Å². The molecule has 0 unspecified atom stereocenters. The molecule has 1 aromatic carbocycles. The zero-order valence-corrected chi connectivity index (χ0v) is 15.2. The quantitative estimate of drug-likeness (QED) is 0.709. The molecule has 1 saturated heterocycles. The molecule has 0 aliphatic carbocycles. The minimum atomic E-state index is -3.74. The molecule has 9 heteroatoms. The Morgan fingerprint density at radius 1 is 1.32 bits per heavy atom. The molecule has 8 nitrogen and oxygen atoms in total. The van der Waals surface area contributed by atoms with Gasteiger partial charge in [0.1, 0.15) is 0 Å². The Labute approximate surface area is 147 Å². The minimum Gasteiger partial charge on any atom is -0.493 e. The number of sulfonamides is 1. The zero-order chi connectivity index (χ0) is 18.4. The SMILES string of the molecule is COc1ccc(S(=O)(=O)N2CCC[C@H](C(=O)NCCO)C2)cc1OC. The van der Waals surface area contributed by atoms with Crippen molar-refractivity contribution in [3.63, 3.8) is 0 Å². The summed E-state index contributed by atoms with van der Waals surface area (Å²) in [5.41, 5.74) is 0. The maximum absolute atomic E-state index is 12.9. The van der Waals surface area contributed by atoms with Crippen molar-refractivity contribution in [1.29, 1.82) is 0 Å². The van der Waals surface area contributed by atoms with Crippen LogP contribution >= 0.6 is 0 Å². The van der Waals surface area contributed by atoms with Gasteiger partial charge in [0, 0.05) is 25.7 Å². The number of amides is 1. The lowest BCUT2D eigenvalue weighted by Crippen LogP contribution is -2.45. The number of carbonyl (C=O) groups is 1. The maximum Gasteiger partial charge on any atom is 0.243 e. The number of hydrogen-bond acceptors (Lipinski definition) is 6. The number of methoxy groups -OCH3 is 2. The topological polar surface area (TPSA) is 105 Å². The summed E-state index contributed by atoms with van der Waals surface area (Å²) in [7, 11) is -0.819. The Morgan fingerprint density at radius 3 is 2.68 bits per heavy atom. The van der Waals surface area contributed by atoms with Gasteiger partial charge in [0.2, 0.25) is 15.9 Å². The van der Waals surface area contributed by atoms with Crippen LogP contribution in [0.5, 0.6) is 11.5 Å². The summed E-state index contributed by atoms with van der Waals surface area (Å²) in [5, 5.41) is 11.4. The first-order chi connectivity index (χ1) is 11.9. The summed E-state index contributed by atoms with van der Waals surface area (Å²) in [6.45, 7) is 0.498. The van der Waals surface area contributed by atoms with Crippen LogP contribution < -0.4 is 14.8 Å². The number of aliphatic hydroxyl groups excluding tert-OH is 1. The van der Waals surface area contributed by atoms with Gasteiger partial charge in [-0.15, -0.1) is 0 Å². The van der Waals surface area contributed by atoms with E-state index in [0.29, 0.717) is 30.9 Å². The molecule has 1 amide bonds. The van der Waals surface area contributed by atoms with Gasteiger partial charge in [0.05, 0.1) is 31.6 Å². The number of piperidine rings is 1. The van der Waals surface area contributed by atoms with Gasteiger partial charge in [-0.25, -0.2) is 8.42 Å². The normalized spacial score (nSPS) is 18.6. The van der Waals surface area contributed by atoms with Crippen LogP contribution in [0.15, 0.2) is 23.1 Å². The number of nitrogens with zero attached hydrogens (tertiary/aromatic N) is 1. The lowest BCUT2D eigenvalue weighted by atomic mass is 9.99. The fourth-order valence-corrected chi connectivity index (χ4v) is 4.36. The molecular weight excluding hydrogens is 348 g/mol. The predicted molar refractivity (Wildman–Crippen MR) is 91.1 cm³/mol. The largest absolute Gasteiger partial charge is 0.493 e. The van der Waals surface area contributed by atoms with E-state index in [1.54, 1.807) is 6.07 Å². The van der Waals surface area contributed by atoms with Gasteiger partial charge in [-0.2, -0.15) is 4.31 Å². The Kier molecular flexibility index (Phi) is 6.63. The number of aliphatic hydroxyl groups is 1. The summed E-state index contributed by atoms with van der Waals surface area (Å²) >= 11 is 0. The third kappa shape index (κ3) is 4.42. The monoisotopic (exact) mass is 372 g/mol. The molecule has 1 aliphatic heterocycles. The van der Waals surface area contributed by atoms with E-state index in [1.807, 2.05) is 0 Å². The van der Waals surface area contributed by atoms with Crippen molar-refractivity contribution in [3.8, 4) is 11.5 Å². The van der Waals surface area contributed by atoms with E-state index in [9.17, 15) is 13.2 Å². The van der Waals surface area contributed by atoms with Crippen molar-refractivity contribution in [2.45, 2.75) is 17.7 Å². The number of benzene rings is 1. The highest BCUT2D eigenvalue weighted by molar-refractivity contribution is 7.89. The molecule has 1 atom stereocenters. The predicted octanol–water partition coefficient (Wildman–Crippen LogP) is 0.213. The highest BCUT2D eigenvalue weighted by atomic mass is 32.2. The van der Waals surface area contributed by atoms with Crippen LogP contribution in [0.2, 0.25) is 0 Å². The molecule has 2 rings (SSSR count). The molecule has 1 fully saturated rings. The van der Waals surface area contributed by atoms with E-state index in [-0.39, 0.29) is 30.5 Å². The van der Waals surface area contributed by atoms with E-state index in [2.05, 4.69) is 5.32 Å². The molecule has 25 heavy (non-hydrogen) atoms. The van der Waals surface area contributed by atoms with Crippen molar-refractivity contribution in [2.24, 2.45) is 5.92 Å². The summed E-state index contributed by atoms with van der Waals surface area (Å²) in [6, 6.07) is 4.43. The third-order valence-electron chi connectivity index (χ3n) is 4.16. The highest BCUT2D eigenvalue weighted by Gasteiger charge is 2.33. The number of ether oxygens (including phenoxy) is 2. The van der Waals surface area contributed by atoms with Gasteiger partial charge in [-0.1, -0.05) is 0 Å². The molecule has 2 N–H and O–H groups in total. The fraction of sp³-hybridized carbons (Fsp3) is 0.562. The third-order valence-corrected chi connectivity index (χ3v) is 6.02. The Bertz CT molecular complexity index is 707. The van der Waals surface area contributed by atoms with Crippen molar-refractivity contribution in [1.82, 2.24) is 9.62 Å². The van der Waals surface area contributed by atoms with Crippen LogP contribution in [-0.4, -0.2) is 64.2 Å². The second-order valence-corrected chi connectivity index (χ2v) is 7.67. The Hall–Kier alpha value is -1.84. The van der Waals surface area contributed by atoms with Gasteiger partial charge in [0.25, 0.3) is 0 Å². The van der Waals surface area contributed by atoms with E-state index < -0.39 is 15.9 Å². The summed E-state index contributed by atoms with van der Waals surface area (Å²) in [6.07, 6.45) is 1.22. The van der Waals surface area contributed by atoms with Crippen LogP contribution in [-0.2, 0) is 14.8 Å². The van der Waals surface area contributed by atoms with E-state index >= 15 is 0 Å². The first-order valence-corrected chi connectivity index (χ1v) is 9.48. The number of rotatable bonds is 7. The molecule has 0 aromatic heterocycles. The molecule has 0 spiro atoms. The average molecular weight is 372 g/mol. The van der Waals surface area contributed by atoms with Crippen LogP contribution in [0.1, 0.15) is 12.8 Å². The van der Waals surface area contributed by atoms with E-state index in [0.717, 1.165) is 0 Å². The summed E-state index contributed by atoms with van der Waals surface area (Å²) in [4.78, 5) is 12.2. The second kappa shape index (κ2) is 8.50. The first kappa shape index (κ1) is 19.5. The van der Waals surface area contributed by atoms with Crippen molar-refractivity contribution in [3.05, 3.63) is 18.2 Å². The molecule has 0 bridgehead atoms. The Morgan fingerprint density at radius 2 is 2.04 bits per heavy atom. The highest BCUT2D eigenvalue weighted by Crippen LogP contribution is 2.32. The molecule has 1 aromatic rings. The van der Waals surface area contributed by atoms with Gasteiger partial charge < -0.3 is 19.9 Å². The fourth-order valence-electron chi connectivity index (χ4n) is 2.82. The lowest BCUT2D eigenvalue weighted by Gasteiger charge is -2.31. The van der Waals surface area contributed by atoms with Crippen molar-refractivity contribution < 1.29 is 27.8 Å². The number of hydrogen-bond donors (Lipinski definition) is 2. The van der Waals surface area contributed by atoms with Crippen molar-refractivity contribution in [2.75, 3.05) is 40.5 Å². The molecule has 140 valence electrons. The summed E-state index contributed by atoms with van der Waals surface area (Å²) < 4.78 is 37.4. The Balaban J connectivity index is 2.20. The molecule has 1 aliphatic rings. The van der Waals surface area contributed by atoms with Gasteiger partial charge in [-0.3, -0.25) is 4.79 Å². The second-order valence-electron chi connectivity index (χ2n) is 5.73. The van der Waals surface area contributed by atoms with Crippen molar-refractivity contribution >= 4 is 15.9 Å². The van der Waals surface area contributed by atoms with Crippen LogP contribution in [0.25, 0.3) is 0 Å². The molecular formula is C16H24N2O6S. The number of carbonyl (C=O) groups excluding carboxylic acids is 1. The smallest absolute Gasteiger partial charge is 0.243 e. The van der Waals surface area contributed by atoms with Crippen LogP contribution in [0.4, 0.5) is 0 Å². The summed E-state index contributed by atoms with van der Waals surface area (Å²) in [5.74, 6) is 0.121. The van der Waals surface area contributed by atoms with E-state index in [4.69, 9.17) is 14.6 Å². The van der Waals surface area contributed by atoms with Crippen LogP contribution in [0.3, 0.4) is 0 Å². The lowest BCUT2D eigenvalue weighted by molar-refractivity contribution is -0.126. The standard InChI is InChI=1S/C16H24N2O6S/c1-23-14-6-5-13(10-15(14)24-2)25(21,22)18-8-3-4-12(11-18)16(20)17-7-9-19/h5-6,10,12,19H,3-4,7-9,11H2,1-2H3,(H,17,20)/t12-/m0/s1. The minimum absolute atomic E-state index is 0.0987. The van der Waals surface area contributed by atoms with Gasteiger partial charge in [-0.05, 0) is 25.0 Å². The first-order valence-electron chi connectivity index (χ1n) is 8.04. The molecule has 0 radical (unpaired) electrons. The molecule has 1 heterocycles. The average Bonchev–Trinajstić information content (AvgIpc) is 2.65. The van der Waals surface area contributed by atoms with Gasteiger partial charge >= 0.3 is 0 Å². The van der Waals surface area contributed by atoms with E-state index in [1.165, 1.54) is 30.7 Å². The maximum atomic E-state index is 12.9. The zero-order valence-electron chi connectivity index (χ0n) is 14.4. The van der Waals surface area contributed by atoms with Gasteiger partial charge in [0.15, 0.2) is 11.5 Å². The number of nitrogens with one attached hydrogen (secondary N) is 1.